The van der Waals surface area contributed by atoms with Gasteiger partial charge < -0.3 is 9.15 Å². The predicted molar refractivity (Wildman–Crippen MR) is 84.0 cm³/mol. The van der Waals surface area contributed by atoms with Crippen LogP contribution in [0, 0.1) is 0 Å². The van der Waals surface area contributed by atoms with E-state index in [1.165, 1.54) is 0 Å². The van der Waals surface area contributed by atoms with E-state index in [0.717, 1.165) is 31.2 Å². The monoisotopic (exact) mass is 289 g/mol. The molecule has 114 valence electrons. The van der Waals surface area contributed by atoms with E-state index in [1.54, 1.807) is 0 Å². The van der Waals surface area contributed by atoms with Crippen LogP contribution in [0.1, 0.15) is 57.9 Å². The number of hydrogen-bond donors (Lipinski definition) is 0. The lowest BCUT2D eigenvalue weighted by Gasteiger charge is -2.11. The molecule has 0 radical (unpaired) electrons. The maximum atomic E-state index is 12.2. The van der Waals surface area contributed by atoms with Gasteiger partial charge in [0.05, 0.1) is 17.5 Å². The molecular weight excluding hydrogens is 266 g/mol. The molecule has 0 spiro atoms. The lowest BCUT2D eigenvalue weighted by Crippen LogP contribution is -2.09. The number of ether oxygens (including phenoxy) is 1. The molecule has 1 aromatic carbocycles. The summed E-state index contributed by atoms with van der Waals surface area (Å²) in [6.45, 7) is 6.86. The van der Waals surface area contributed by atoms with Crippen molar-refractivity contribution in [3.8, 4) is 6.08 Å². The number of unbranched alkanes of at least 4 members (excludes halogenated alkanes) is 2. The van der Waals surface area contributed by atoms with Gasteiger partial charge in [-0.2, -0.15) is 4.98 Å². The minimum absolute atomic E-state index is 0.0740. The van der Waals surface area contributed by atoms with Gasteiger partial charge in [0.15, 0.2) is 0 Å². The molecule has 1 aromatic heterocycles. The standard InChI is InChI=1S/C17H23NO3/c1-4-6-7-11-20-17-18-14-10-8-9-13(12(3)5-2)15(14)16(19)21-17/h8-10,12H,4-7,11H2,1-3H3. The summed E-state index contributed by atoms with van der Waals surface area (Å²) in [6, 6.07) is 5.73. The van der Waals surface area contributed by atoms with Crippen molar-refractivity contribution >= 4 is 10.9 Å². The van der Waals surface area contributed by atoms with Gasteiger partial charge in [-0.3, -0.25) is 0 Å². The Bertz CT molecular complexity index is 648. The molecule has 0 aliphatic carbocycles. The van der Waals surface area contributed by atoms with Crippen LogP contribution in [0.3, 0.4) is 0 Å². The van der Waals surface area contributed by atoms with Crippen LogP contribution in [-0.2, 0) is 0 Å². The van der Waals surface area contributed by atoms with Crippen molar-refractivity contribution in [1.82, 2.24) is 4.98 Å². The highest BCUT2D eigenvalue weighted by atomic mass is 16.6. The van der Waals surface area contributed by atoms with Gasteiger partial charge in [0.2, 0.25) is 0 Å². The first-order chi connectivity index (χ1) is 10.2. The van der Waals surface area contributed by atoms with Gasteiger partial charge in [-0.1, -0.05) is 45.7 Å². The van der Waals surface area contributed by atoms with Crippen molar-refractivity contribution in [3.63, 3.8) is 0 Å². The highest BCUT2D eigenvalue weighted by Crippen LogP contribution is 2.25. The number of nitrogens with zero attached hydrogens (tertiary/aromatic N) is 1. The maximum absolute atomic E-state index is 12.2. The fourth-order valence-corrected chi connectivity index (χ4v) is 2.33. The average Bonchev–Trinajstić information content (AvgIpc) is 2.50. The predicted octanol–water partition coefficient (Wildman–Crippen LogP) is 4.27. The van der Waals surface area contributed by atoms with Gasteiger partial charge >= 0.3 is 11.7 Å². The smallest absolute Gasteiger partial charge is 0.397 e. The summed E-state index contributed by atoms with van der Waals surface area (Å²) in [5.41, 5.74) is 1.28. The molecule has 21 heavy (non-hydrogen) atoms. The zero-order valence-electron chi connectivity index (χ0n) is 13.0. The second-order valence-corrected chi connectivity index (χ2v) is 5.37. The Hall–Kier alpha value is -1.84. The van der Waals surface area contributed by atoms with E-state index in [4.69, 9.17) is 9.15 Å². The van der Waals surface area contributed by atoms with Gasteiger partial charge in [-0.05, 0) is 30.4 Å². The van der Waals surface area contributed by atoms with Crippen LogP contribution in [0.4, 0.5) is 0 Å². The molecular formula is C17H23NO3. The van der Waals surface area contributed by atoms with Crippen molar-refractivity contribution in [1.29, 1.82) is 0 Å². The molecule has 0 N–H and O–H groups in total. The molecule has 0 saturated heterocycles. The van der Waals surface area contributed by atoms with Crippen molar-refractivity contribution in [2.24, 2.45) is 0 Å². The molecule has 1 atom stereocenters. The normalized spacial score (nSPS) is 12.5. The maximum Gasteiger partial charge on any atom is 0.397 e. The second-order valence-electron chi connectivity index (χ2n) is 5.37. The minimum Gasteiger partial charge on any atom is -0.450 e. The lowest BCUT2D eigenvalue weighted by atomic mass is 9.95. The SMILES string of the molecule is CCCCCOc1nc2cccc(C(C)CC)c2c(=O)o1. The van der Waals surface area contributed by atoms with Crippen molar-refractivity contribution in [2.75, 3.05) is 6.61 Å². The molecule has 4 nitrogen and oxygen atoms in total. The van der Waals surface area contributed by atoms with Crippen LogP contribution in [-0.4, -0.2) is 11.6 Å². The Morgan fingerprint density at radius 2 is 2.10 bits per heavy atom. The highest BCUT2D eigenvalue weighted by molar-refractivity contribution is 5.81. The summed E-state index contributed by atoms with van der Waals surface area (Å²) < 4.78 is 10.7. The number of rotatable bonds is 7. The summed E-state index contributed by atoms with van der Waals surface area (Å²) in [6.07, 6.45) is 4.19. The van der Waals surface area contributed by atoms with E-state index in [9.17, 15) is 4.79 Å². The number of fused-ring (bicyclic) bond motifs is 1. The second kappa shape index (κ2) is 7.25. The largest absolute Gasteiger partial charge is 0.450 e. The van der Waals surface area contributed by atoms with E-state index >= 15 is 0 Å². The third-order valence-electron chi connectivity index (χ3n) is 3.79. The first kappa shape index (κ1) is 15.5. The molecule has 1 heterocycles. The molecule has 2 aromatic rings. The van der Waals surface area contributed by atoms with E-state index in [2.05, 4.69) is 25.8 Å². The Kier molecular flexibility index (Phi) is 5.37. The van der Waals surface area contributed by atoms with Gasteiger partial charge in [0, 0.05) is 0 Å². The summed E-state index contributed by atoms with van der Waals surface area (Å²) >= 11 is 0. The van der Waals surface area contributed by atoms with Crippen LogP contribution < -0.4 is 10.4 Å². The van der Waals surface area contributed by atoms with Gasteiger partial charge in [0.25, 0.3) is 0 Å². The van der Waals surface area contributed by atoms with Crippen molar-refractivity contribution in [2.45, 2.75) is 52.4 Å². The summed E-state index contributed by atoms with van der Waals surface area (Å²) in [5.74, 6) is 0.301. The number of hydrogen-bond acceptors (Lipinski definition) is 4. The minimum atomic E-state index is -0.360. The fraction of sp³-hybridized carbons (Fsp3) is 0.529. The first-order valence-electron chi connectivity index (χ1n) is 7.73. The van der Waals surface area contributed by atoms with Gasteiger partial charge in [-0.25, -0.2) is 4.79 Å². The Balaban J connectivity index is 2.32. The highest BCUT2D eigenvalue weighted by Gasteiger charge is 2.14. The first-order valence-corrected chi connectivity index (χ1v) is 7.73. The number of benzene rings is 1. The van der Waals surface area contributed by atoms with E-state index < -0.39 is 0 Å². The molecule has 0 saturated carbocycles. The Morgan fingerprint density at radius 1 is 1.29 bits per heavy atom. The fourth-order valence-electron chi connectivity index (χ4n) is 2.33. The molecule has 1 unspecified atom stereocenters. The summed E-state index contributed by atoms with van der Waals surface area (Å²) in [5, 5.41) is 0.577. The third-order valence-corrected chi connectivity index (χ3v) is 3.79. The van der Waals surface area contributed by atoms with Crippen LogP contribution in [0.5, 0.6) is 6.08 Å². The van der Waals surface area contributed by atoms with E-state index in [1.807, 2.05) is 18.2 Å². The molecule has 0 amide bonds. The molecule has 0 aliphatic heterocycles. The van der Waals surface area contributed by atoms with Crippen LogP contribution >= 0.6 is 0 Å². The lowest BCUT2D eigenvalue weighted by molar-refractivity contribution is 0.212. The third kappa shape index (κ3) is 3.63. The topological polar surface area (TPSA) is 52.3 Å². The van der Waals surface area contributed by atoms with Gasteiger partial charge in [0.1, 0.15) is 0 Å². The van der Waals surface area contributed by atoms with E-state index in [0.29, 0.717) is 23.4 Å². The molecule has 2 rings (SSSR count). The average molecular weight is 289 g/mol. The molecule has 0 bridgehead atoms. The molecule has 0 fully saturated rings. The molecule has 0 aliphatic rings. The van der Waals surface area contributed by atoms with Crippen LogP contribution in [0.15, 0.2) is 27.4 Å². The quantitative estimate of drug-likeness (QED) is 0.714. The van der Waals surface area contributed by atoms with Crippen LogP contribution in [0.25, 0.3) is 10.9 Å². The Morgan fingerprint density at radius 3 is 2.81 bits per heavy atom. The van der Waals surface area contributed by atoms with Crippen LogP contribution in [0.2, 0.25) is 0 Å². The molecule has 4 heteroatoms. The zero-order valence-corrected chi connectivity index (χ0v) is 13.0. The Labute approximate surface area is 125 Å². The zero-order chi connectivity index (χ0) is 15.2. The number of aromatic nitrogens is 1. The summed E-state index contributed by atoms with van der Waals surface area (Å²) in [7, 11) is 0. The van der Waals surface area contributed by atoms with Crippen molar-refractivity contribution < 1.29 is 9.15 Å². The van der Waals surface area contributed by atoms with Crippen molar-refractivity contribution in [3.05, 3.63) is 34.2 Å². The van der Waals surface area contributed by atoms with E-state index in [-0.39, 0.29) is 11.7 Å². The summed E-state index contributed by atoms with van der Waals surface area (Å²) in [4.78, 5) is 16.6. The van der Waals surface area contributed by atoms with Gasteiger partial charge in [-0.15, -0.1) is 0 Å².